The van der Waals surface area contributed by atoms with Crippen LogP contribution < -0.4 is 37.6 Å². The Morgan fingerprint density at radius 1 is 0.806 bits per heavy atom. The fourth-order valence-corrected chi connectivity index (χ4v) is 6.31. The molecule has 338 valence electrons. The molecule has 0 unspecified atom stereocenters. The fraction of sp³-hybridized carbons (Fsp3) is 0.500. The number of phenols is 1. The molecule has 13 N–H and O–H groups in total. The lowest BCUT2D eigenvalue weighted by molar-refractivity contribution is -0.147. The number of aromatic hydroxyl groups is 1. The molecule has 0 saturated carbocycles. The van der Waals surface area contributed by atoms with Gasteiger partial charge >= 0.3 is 17.9 Å². The van der Waals surface area contributed by atoms with E-state index in [1.165, 1.54) is 41.7 Å². The van der Waals surface area contributed by atoms with Gasteiger partial charge < -0.3 is 67.9 Å². The number of amides is 7. The smallest absolute Gasteiger partial charge is 0.326 e. The summed E-state index contributed by atoms with van der Waals surface area (Å²) in [7, 11) is 0. The van der Waals surface area contributed by atoms with E-state index in [9.17, 15) is 63.3 Å². The van der Waals surface area contributed by atoms with E-state index in [4.69, 9.17) is 10.8 Å². The average Bonchev–Trinajstić information content (AvgIpc) is 3.93. The number of H-pyrrole nitrogens is 1. The zero-order chi connectivity index (χ0) is 46.1. The van der Waals surface area contributed by atoms with Gasteiger partial charge in [0.25, 0.3) is 0 Å². The molecule has 62 heavy (non-hydrogen) atoms. The third-order valence-electron chi connectivity index (χ3n) is 9.87. The minimum Gasteiger partial charge on any atom is -0.508 e. The second-order valence-corrected chi connectivity index (χ2v) is 14.6. The van der Waals surface area contributed by atoms with Crippen LogP contribution in [0.5, 0.6) is 5.75 Å². The van der Waals surface area contributed by atoms with Crippen LogP contribution >= 0.6 is 0 Å². The number of aromatic nitrogens is 2. The van der Waals surface area contributed by atoms with Gasteiger partial charge in [-0.15, -0.1) is 0 Å². The average molecular weight is 873 g/mol. The molecule has 1 aliphatic rings. The molecule has 0 radical (unpaired) electrons. The SMILES string of the molecule is CC[C@H](C)[C@H](NC(=O)[C@@H]1CCCN1C(=O)CNC(=O)[C@H](CC(=O)O)NC(=O)[C@@H](N)Cc1cnc[nH]1)C(=O)NCC(=O)N[C@@H](Cc1ccc(O)cc1)C(=O)N[C@@H](CC(=O)O)C(=O)O. The predicted octanol–water partition coefficient (Wildman–Crippen LogP) is -3.53. The van der Waals surface area contributed by atoms with E-state index in [0.717, 1.165) is 0 Å². The lowest BCUT2D eigenvalue weighted by Gasteiger charge is -2.29. The third kappa shape index (κ3) is 15.5. The fourth-order valence-electron chi connectivity index (χ4n) is 6.31. The molecule has 0 bridgehead atoms. The monoisotopic (exact) mass is 872 g/mol. The number of carbonyl (C=O) groups excluding carboxylic acids is 7. The Balaban J connectivity index is 1.62. The Hall–Kier alpha value is -7.11. The van der Waals surface area contributed by atoms with Crippen molar-refractivity contribution in [3.05, 3.63) is 48.0 Å². The maximum Gasteiger partial charge on any atom is 0.326 e. The lowest BCUT2D eigenvalue weighted by Crippen LogP contribution is -2.58. The van der Waals surface area contributed by atoms with E-state index in [1.807, 2.05) is 0 Å². The normalized spacial score (nSPS) is 16.2. The van der Waals surface area contributed by atoms with Crippen LogP contribution in [0.1, 0.15) is 57.2 Å². The van der Waals surface area contributed by atoms with E-state index in [1.54, 1.807) is 13.8 Å². The summed E-state index contributed by atoms with van der Waals surface area (Å²) in [4.78, 5) is 134. The Kier molecular flexibility index (Phi) is 18.8. The van der Waals surface area contributed by atoms with Crippen LogP contribution in [0.3, 0.4) is 0 Å². The highest BCUT2D eigenvalue weighted by Crippen LogP contribution is 2.19. The standard InChI is InChI=1S/C38H52N10O14/c1-3-19(2)32(37(60)41-16-28(50)44-24(11-20-6-8-22(49)9-7-20)35(58)46-26(38(61)62)14-31(54)55)47-36(59)27-5-4-10-48(27)29(51)17-42-34(57)25(13-30(52)53)45-33(56)23(39)12-21-15-40-18-43-21/h6-9,15,18-19,23-27,32,49H,3-5,10-14,16-17,39H2,1-2H3,(H,40,43)(H,41,60)(H,42,57)(H,44,50)(H,45,56)(H,46,58)(H,47,59)(H,52,53)(H,54,55)(H,61,62)/t19-,23-,24-,25-,26-,27-,32-/m0/s1. The second kappa shape index (κ2) is 23.6. The van der Waals surface area contributed by atoms with Crippen molar-refractivity contribution in [1.29, 1.82) is 0 Å². The molecule has 0 aliphatic carbocycles. The summed E-state index contributed by atoms with van der Waals surface area (Å²) in [6, 6.07) is -2.85. The van der Waals surface area contributed by atoms with Crippen molar-refractivity contribution in [2.45, 2.75) is 95.0 Å². The molecule has 1 aromatic carbocycles. The first-order chi connectivity index (χ1) is 29.3. The van der Waals surface area contributed by atoms with Crippen LogP contribution in [0.4, 0.5) is 0 Å². The van der Waals surface area contributed by atoms with Crippen molar-refractivity contribution >= 4 is 59.3 Å². The first-order valence-electron chi connectivity index (χ1n) is 19.5. The van der Waals surface area contributed by atoms with E-state index < -0.39 is 127 Å². The first-order valence-corrected chi connectivity index (χ1v) is 19.5. The van der Waals surface area contributed by atoms with Gasteiger partial charge in [0.15, 0.2) is 0 Å². The summed E-state index contributed by atoms with van der Waals surface area (Å²) in [6.45, 7) is 2.12. The number of aliphatic carboxylic acids is 3. The highest BCUT2D eigenvalue weighted by Gasteiger charge is 2.38. The zero-order valence-corrected chi connectivity index (χ0v) is 33.9. The third-order valence-corrected chi connectivity index (χ3v) is 9.87. The molecule has 1 aromatic heterocycles. The number of imidazole rings is 1. The van der Waals surface area contributed by atoms with Crippen molar-refractivity contribution < 1.29 is 68.4 Å². The number of likely N-dealkylation sites (tertiary alicyclic amines) is 1. The summed E-state index contributed by atoms with van der Waals surface area (Å²) in [5, 5.41) is 51.5. The van der Waals surface area contributed by atoms with Crippen LogP contribution in [0.25, 0.3) is 0 Å². The van der Waals surface area contributed by atoms with E-state index >= 15 is 0 Å². The summed E-state index contributed by atoms with van der Waals surface area (Å²) in [5.41, 5.74) is 6.85. The summed E-state index contributed by atoms with van der Waals surface area (Å²) < 4.78 is 0. The van der Waals surface area contributed by atoms with Gasteiger partial charge in [-0.1, -0.05) is 32.4 Å². The van der Waals surface area contributed by atoms with Gasteiger partial charge in [0.05, 0.1) is 38.3 Å². The van der Waals surface area contributed by atoms with Gasteiger partial charge in [-0.05, 0) is 36.5 Å². The predicted molar refractivity (Wildman–Crippen MR) is 212 cm³/mol. The highest BCUT2D eigenvalue weighted by molar-refractivity contribution is 5.97. The quantitative estimate of drug-likeness (QED) is 0.0486. The molecule has 1 saturated heterocycles. The van der Waals surface area contributed by atoms with Gasteiger partial charge in [-0.25, -0.2) is 9.78 Å². The van der Waals surface area contributed by atoms with E-state index in [0.29, 0.717) is 24.1 Å². The van der Waals surface area contributed by atoms with Gasteiger partial charge in [-0.2, -0.15) is 0 Å². The molecule has 7 amide bonds. The Labute approximate surface area is 354 Å². The van der Waals surface area contributed by atoms with Crippen molar-refractivity contribution in [2.24, 2.45) is 11.7 Å². The largest absolute Gasteiger partial charge is 0.508 e. The first kappa shape index (κ1) is 49.3. The van der Waals surface area contributed by atoms with Crippen molar-refractivity contribution in [2.75, 3.05) is 19.6 Å². The maximum absolute atomic E-state index is 13.6. The van der Waals surface area contributed by atoms with Crippen LogP contribution in [0, 0.1) is 5.92 Å². The second-order valence-electron chi connectivity index (χ2n) is 14.6. The molecule has 0 spiro atoms. The molecule has 2 heterocycles. The lowest BCUT2D eigenvalue weighted by atomic mass is 9.97. The topological polar surface area (TPSA) is 382 Å². The van der Waals surface area contributed by atoms with Gasteiger partial charge in [0.1, 0.15) is 36.0 Å². The number of nitrogens with two attached hydrogens (primary N) is 1. The summed E-state index contributed by atoms with van der Waals surface area (Å²) in [6.07, 6.45) is 1.77. The van der Waals surface area contributed by atoms with Crippen LogP contribution in [-0.4, -0.2) is 150 Å². The molecule has 1 fully saturated rings. The number of hydrogen-bond donors (Lipinski definition) is 12. The minimum atomic E-state index is -1.83. The molecule has 2 aromatic rings. The molecule has 7 atom stereocenters. The Bertz CT molecular complexity index is 1940. The van der Waals surface area contributed by atoms with Crippen LogP contribution in [0.15, 0.2) is 36.8 Å². The zero-order valence-electron chi connectivity index (χ0n) is 33.9. The highest BCUT2D eigenvalue weighted by atomic mass is 16.4. The maximum atomic E-state index is 13.6. The van der Waals surface area contributed by atoms with Crippen LogP contribution in [0.2, 0.25) is 0 Å². The molecule has 24 nitrogen and oxygen atoms in total. The molecule has 3 rings (SSSR count). The van der Waals surface area contributed by atoms with E-state index in [-0.39, 0.29) is 31.6 Å². The minimum absolute atomic E-state index is 0.0132. The number of carbonyl (C=O) groups is 10. The number of phenolic OH excluding ortho intramolecular Hbond substituents is 1. The summed E-state index contributed by atoms with van der Waals surface area (Å²) >= 11 is 0. The number of aromatic amines is 1. The molecular formula is C38H52N10O14. The Morgan fingerprint density at radius 3 is 2.03 bits per heavy atom. The summed E-state index contributed by atoms with van der Waals surface area (Å²) in [5.74, 6) is -11.1. The molecular weight excluding hydrogens is 820 g/mol. The van der Waals surface area contributed by atoms with Crippen molar-refractivity contribution in [1.82, 2.24) is 46.8 Å². The van der Waals surface area contributed by atoms with Crippen molar-refractivity contribution in [3.8, 4) is 5.75 Å². The Morgan fingerprint density at radius 2 is 1.44 bits per heavy atom. The van der Waals surface area contributed by atoms with Crippen molar-refractivity contribution in [3.63, 3.8) is 0 Å². The van der Waals surface area contributed by atoms with Gasteiger partial charge in [0, 0.05) is 31.3 Å². The number of nitrogens with zero attached hydrogens (tertiary/aromatic N) is 2. The number of nitrogens with one attached hydrogen (secondary N) is 7. The van der Waals surface area contributed by atoms with Gasteiger partial charge in [-0.3, -0.25) is 43.2 Å². The molecule has 1 aliphatic heterocycles. The number of rotatable bonds is 24. The van der Waals surface area contributed by atoms with Gasteiger partial charge in [0.2, 0.25) is 41.4 Å². The number of hydrogen-bond acceptors (Lipinski definition) is 13. The van der Waals surface area contributed by atoms with E-state index in [2.05, 4.69) is 41.9 Å². The number of carboxylic acids is 3. The van der Waals surface area contributed by atoms with Crippen LogP contribution in [-0.2, 0) is 60.8 Å². The molecule has 24 heteroatoms. The number of carboxylic acid groups (broad SMARTS) is 3. The number of benzene rings is 1.